The lowest BCUT2D eigenvalue weighted by molar-refractivity contribution is -2.00. The molecule has 2 aromatic rings. The molecule has 0 atom stereocenters. The van der Waals surface area contributed by atoms with Crippen molar-refractivity contribution < 1.29 is 38.2 Å². The Morgan fingerprint density at radius 2 is 1.48 bits per heavy atom. The summed E-state index contributed by atoms with van der Waals surface area (Å²) < 4.78 is 41.5. The lowest BCUT2D eigenvalue weighted by Crippen LogP contribution is -2.68. The van der Waals surface area contributed by atoms with Gasteiger partial charge in [-0.2, -0.15) is 4.58 Å². The van der Waals surface area contributed by atoms with Gasteiger partial charge in [0.2, 0.25) is 5.69 Å². The van der Waals surface area contributed by atoms with E-state index in [4.69, 9.17) is 23.4 Å². The summed E-state index contributed by atoms with van der Waals surface area (Å²) in [7, 11) is -1.12. The molecule has 0 radical (unpaired) electrons. The molecule has 2 aromatic carbocycles. The van der Waals surface area contributed by atoms with E-state index in [2.05, 4.69) is 74.0 Å². The third-order valence-electron chi connectivity index (χ3n) is 4.49. The van der Waals surface area contributed by atoms with Crippen molar-refractivity contribution >= 4 is 17.5 Å². The first-order valence-electron chi connectivity index (χ1n) is 8.18. The van der Waals surface area contributed by atoms with Gasteiger partial charge in [0, 0.05) is 17.7 Å². The average Bonchev–Trinajstić information content (AvgIpc) is 2.79. The summed E-state index contributed by atoms with van der Waals surface area (Å²) in [5.74, 6) is 0.885. The van der Waals surface area contributed by atoms with Gasteiger partial charge in [-0.1, -0.05) is 30.3 Å². The maximum Gasteiger partial charge on any atom is 0.209 e. The number of para-hydroxylation sites is 1. The van der Waals surface area contributed by atoms with Gasteiger partial charge in [-0.25, -0.2) is 18.6 Å². The van der Waals surface area contributed by atoms with Crippen LogP contribution in [-0.2, 0) is 5.41 Å². The van der Waals surface area contributed by atoms with Crippen LogP contribution < -0.4 is 23.4 Å². The number of allylic oxidation sites excluding steroid dienone is 1. The van der Waals surface area contributed by atoms with E-state index in [1.807, 2.05) is 12.1 Å². The van der Waals surface area contributed by atoms with Crippen LogP contribution in [0.5, 0.6) is 5.75 Å². The fraction of sp³-hybridized carbons (Fsp3) is 0.250. The molecular formula is C20H22ClNO5. The van der Waals surface area contributed by atoms with Crippen LogP contribution in [0.15, 0.2) is 54.6 Å². The highest BCUT2D eigenvalue weighted by Crippen LogP contribution is 2.39. The van der Waals surface area contributed by atoms with E-state index in [1.165, 1.54) is 22.5 Å². The third kappa shape index (κ3) is 5.38. The fourth-order valence-corrected chi connectivity index (χ4v) is 3.19. The Morgan fingerprint density at radius 1 is 0.926 bits per heavy atom. The van der Waals surface area contributed by atoms with Crippen LogP contribution in [0, 0.1) is 10.2 Å². The van der Waals surface area contributed by atoms with Crippen LogP contribution in [0.25, 0.3) is 6.08 Å². The molecule has 0 N–H and O–H groups in total. The van der Waals surface area contributed by atoms with Crippen molar-refractivity contribution in [3.05, 3.63) is 65.7 Å². The SMILES string of the molecule is COc1ccc(/C=C/C2=[N+](C)c3ccccc3C2(C)C)cc1.[O-][Cl+3]([O-])([O-])[O-]. The number of benzene rings is 2. The first-order chi connectivity index (χ1) is 12.5. The number of methoxy groups -OCH3 is 1. The van der Waals surface area contributed by atoms with Crippen molar-refractivity contribution in [1.82, 2.24) is 0 Å². The van der Waals surface area contributed by atoms with Crippen LogP contribution in [0.2, 0.25) is 0 Å². The molecule has 1 aliphatic rings. The van der Waals surface area contributed by atoms with Gasteiger partial charge in [0.25, 0.3) is 0 Å². The highest BCUT2D eigenvalue weighted by atomic mass is 35.7. The summed E-state index contributed by atoms with van der Waals surface area (Å²) in [6.45, 7) is 4.56. The largest absolute Gasteiger partial charge is 0.497 e. The van der Waals surface area contributed by atoms with Gasteiger partial charge in [0.15, 0.2) is 5.71 Å². The lowest BCUT2D eigenvalue weighted by atomic mass is 9.81. The minimum absolute atomic E-state index is 0.0221. The summed E-state index contributed by atoms with van der Waals surface area (Å²) in [5, 5.41) is 0. The molecule has 0 saturated heterocycles. The zero-order valence-electron chi connectivity index (χ0n) is 15.6. The predicted molar refractivity (Wildman–Crippen MR) is 92.3 cm³/mol. The fourth-order valence-electron chi connectivity index (χ4n) is 3.19. The van der Waals surface area contributed by atoms with E-state index in [9.17, 15) is 0 Å². The molecule has 0 spiro atoms. The number of ether oxygens (including phenoxy) is 1. The van der Waals surface area contributed by atoms with E-state index in [0.29, 0.717) is 0 Å². The number of hydrogen-bond acceptors (Lipinski definition) is 5. The quantitative estimate of drug-likeness (QED) is 0.665. The molecule has 144 valence electrons. The Morgan fingerprint density at radius 3 is 2.00 bits per heavy atom. The molecule has 0 bridgehead atoms. The average molecular weight is 392 g/mol. The lowest BCUT2D eigenvalue weighted by Gasteiger charge is -2.17. The molecule has 1 heterocycles. The van der Waals surface area contributed by atoms with E-state index in [-0.39, 0.29) is 5.41 Å². The molecule has 27 heavy (non-hydrogen) atoms. The number of fused-ring (bicyclic) bond motifs is 1. The zero-order chi connectivity index (χ0) is 20.2. The second-order valence-corrected chi connectivity index (χ2v) is 7.33. The Labute approximate surface area is 161 Å². The van der Waals surface area contributed by atoms with Crippen LogP contribution in [-0.4, -0.2) is 24.4 Å². The van der Waals surface area contributed by atoms with Crippen molar-refractivity contribution in [2.45, 2.75) is 19.3 Å². The molecule has 0 saturated carbocycles. The maximum absolute atomic E-state index is 8.49. The van der Waals surface area contributed by atoms with Crippen LogP contribution >= 0.6 is 0 Å². The molecule has 0 aromatic heterocycles. The minimum Gasteiger partial charge on any atom is -0.497 e. The first kappa shape index (κ1) is 21.1. The van der Waals surface area contributed by atoms with Gasteiger partial charge in [0.1, 0.15) is 12.8 Å². The second-order valence-electron chi connectivity index (χ2n) is 6.57. The summed E-state index contributed by atoms with van der Waals surface area (Å²) in [5.41, 5.74) is 5.18. The molecule has 3 rings (SSSR count). The normalized spacial score (nSPS) is 15.4. The molecule has 1 aliphatic heterocycles. The molecule has 0 amide bonds. The third-order valence-corrected chi connectivity index (χ3v) is 4.49. The van der Waals surface area contributed by atoms with Crippen molar-refractivity contribution in [2.24, 2.45) is 0 Å². The molecule has 0 unspecified atom stereocenters. The molecule has 7 heteroatoms. The number of nitrogens with zero attached hydrogens (tertiary/aromatic N) is 1. The van der Waals surface area contributed by atoms with Crippen LogP contribution in [0.1, 0.15) is 25.0 Å². The molecule has 0 aliphatic carbocycles. The van der Waals surface area contributed by atoms with Gasteiger partial charge in [-0.15, -0.1) is 10.2 Å². The van der Waals surface area contributed by atoms with Gasteiger partial charge >= 0.3 is 0 Å². The Hall–Kier alpha value is -2.22. The van der Waals surface area contributed by atoms with Crippen molar-refractivity contribution in [2.75, 3.05) is 14.2 Å². The van der Waals surface area contributed by atoms with Gasteiger partial charge in [-0.3, -0.25) is 0 Å². The highest BCUT2D eigenvalue weighted by Gasteiger charge is 2.42. The maximum atomic E-state index is 8.49. The topological polar surface area (TPSA) is 104 Å². The summed E-state index contributed by atoms with van der Waals surface area (Å²) in [6, 6.07) is 16.7. The number of rotatable bonds is 3. The predicted octanol–water partition coefficient (Wildman–Crippen LogP) is -0.341. The van der Waals surface area contributed by atoms with Crippen LogP contribution in [0.4, 0.5) is 5.69 Å². The number of hydrogen-bond donors (Lipinski definition) is 0. The molecule has 0 fully saturated rings. The molecular weight excluding hydrogens is 370 g/mol. The van der Waals surface area contributed by atoms with E-state index in [0.717, 1.165) is 5.75 Å². The summed E-state index contributed by atoms with van der Waals surface area (Å²) >= 11 is 0. The first-order valence-corrected chi connectivity index (χ1v) is 9.42. The summed E-state index contributed by atoms with van der Waals surface area (Å²) in [6.07, 6.45) is 4.39. The Bertz CT molecular complexity index is 845. The van der Waals surface area contributed by atoms with Crippen molar-refractivity contribution in [3.63, 3.8) is 0 Å². The second kappa shape index (κ2) is 8.21. The van der Waals surface area contributed by atoms with Crippen molar-refractivity contribution in [3.8, 4) is 5.75 Å². The van der Waals surface area contributed by atoms with E-state index < -0.39 is 10.2 Å². The van der Waals surface area contributed by atoms with Gasteiger partial charge in [-0.05, 0) is 37.6 Å². The smallest absolute Gasteiger partial charge is 0.209 e. The zero-order valence-corrected chi connectivity index (χ0v) is 16.4. The summed E-state index contributed by atoms with van der Waals surface area (Å²) in [4.78, 5) is 0. The highest BCUT2D eigenvalue weighted by molar-refractivity contribution is 6.05. The Balaban J connectivity index is 0.000000465. The molecule has 6 nitrogen and oxygen atoms in total. The van der Waals surface area contributed by atoms with Gasteiger partial charge in [0.05, 0.1) is 12.5 Å². The monoisotopic (exact) mass is 391 g/mol. The van der Waals surface area contributed by atoms with E-state index in [1.54, 1.807) is 7.11 Å². The minimum atomic E-state index is -4.94. The standard InChI is InChI=1S/C20H22NO.ClHO4/c1-20(2)17-7-5-6-8-18(17)21(3)19(20)14-11-15-9-12-16(22-4)13-10-15;2-1(3,4)5/h5-14H,1-4H3;(H,2,3,4,5)/q+1;/p-1/b14-11+;. The van der Waals surface area contributed by atoms with E-state index >= 15 is 0 Å². The van der Waals surface area contributed by atoms with Crippen molar-refractivity contribution in [1.29, 1.82) is 0 Å². The Kier molecular flexibility index (Phi) is 6.41. The van der Waals surface area contributed by atoms with Gasteiger partial charge < -0.3 is 4.74 Å². The number of halogens is 1. The van der Waals surface area contributed by atoms with Crippen LogP contribution in [0.3, 0.4) is 0 Å².